The van der Waals surface area contributed by atoms with Crippen LogP contribution in [0, 0.1) is 5.92 Å². The van der Waals surface area contributed by atoms with Gasteiger partial charge in [0, 0.05) is 52.5 Å². The Morgan fingerprint density at radius 2 is 2.17 bits per heavy atom. The summed E-state index contributed by atoms with van der Waals surface area (Å²) in [6, 6.07) is 7.68. The maximum absolute atomic E-state index is 12.4. The van der Waals surface area contributed by atoms with E-state index in [1.807, 2.05) is 31.3 Å². The van der Waals surface area contributed by atoms with Gasteiger partial charge in [0.25, 0.3) is 5.91 Å². The highest BCUT2D eigenvalue weighted by Gasteiger charge is 2.21. The molecule has 1 heterocycles. The highest BCUT2D eigenvalue weighted by atomic mass is 16.5. The lowest BCUT2D eigenvalue weighted by Crippen LogP contribution is -2.40. The molecule has 1 saturated heterocycles. The zero-order valence-electron chi connectivity index (χ0n) is 17.7. The SMILES string of the molecule is CN=C(NCc1cccc(C(=O)NCC2CCCO2)c1)N(C)CCOCC1CC1. The van der Waals surface area contributed by atoms with Crippen molar-refractivity contribution in [3.63, 3.8) is 0 Å². The zero-order chi connectivity index (χ0) is 20.5. The van der Waals surface area contributed by atoms with Crippen LogP contribution in [0.5, 0.6) is 0 Å². The van der Waals surface area contributed by atoms with E-state index < -0.39 is 0 Å². The van der Waals surface area contributed by atoms with E-state index in [1.165, 1.54) is 12.8 Å². The first-order valence-corrected chi connectivity index (χ1v) is 10.6. The highest BCUT2D eigenvalue weighted by molar-refractivity contribution is 5.94. The van der Waals surface area contributed by atoms with E-state index in [0.29, 0.717) is 25.3 Å². The standard InChI is InChI=1S/C22H34N4O3/c1-23-22(26(2)10-12-28-16-17-8-9-17)25-14-18-5-3-6-19(13-18)21(27)24-15-20-7-4-11-29-20/h3,5-6,13,17,20H,4,7-12,14-16H2,1-2H3,(H,23,25)(H,24,27). The number of amides is 1. The van der Waals surface area contributed by atoms with Crippen LogP contribution in [-0.4, -0.2) is 69.9 Å². The molecule has 1 aromatic carbocycles. The van der Waals surface area contributed by atoms with Crippen molar-refractivity contribution in [3.8, 4) is 0 Å². The summed E-state index contributed by atoms with van der Waals surface area (Å²) in [7, 11) is 3.78. The lowest BCUT2D eigenvalue weighted by molar-refractivity contribution is 0.0857. The maximum Gasteiger partial charge on any atom is 0.251 e. The number of nitrogens with one attached hydrogen (secondary N) is 2. The molecule has 1 aromatic rings. The van der Waals surface area contributed by atoms with Crippen LogP contribution in [0.15, 0.2) is 29.3 Å². The smallest absolute Gasteiger partial charge is 0.251 e. The Bertz CT molecular complexity index is 684. The number of carbonyl (C=O) groups excluding carboxylic acids is 1. The van der Waals surface area contributed by atoms with Gasteiger partial charge in [0.15, 0.2) is 5.96 Å². The minimum absolute atomic E-state index is 0.0586. The van der Waals surface area contributed by atoms with E-state index in [9.17, 15) is 4.79 Å². The van der Waals surface area contributed by atoms with Crippen LogP contribution < -0.4 is 10.6 Å². The molecule has 160 valence electrons. The van der Waals surface area contributed by atoms with Crippen molar-refractivity contribution < 1.29 is 14.3 Å². The molecule has 0 bridgehead atoms. The average molecular weight is 403 g/mol. The average Bonchev–Trinajstić information content (AvgIpc) is 3.42. The summed E-state index contributed by atoms with van der Waals surface area (Å²) in [5.74, 6) is 1.54. The Labute approximate surface area is 173 Å². The molecule has 2 fully saturated rings. The van der Waals surface area contributed by atoms with Gasteiger partial charge in [-0.2, -0.15) is 0 Å². The van der Waals surface area contributed by atoms with Crippen LogP contribution in [-0.2, 0) is 16.0 Å². The number of nitrogens with zero attached hydrogens (tertiary/aromatic N) is 2. The summed E-state index contributed by atoms with van der Waals surface area (Å²) in [6.07, 6.45) is 4.86. The van der Waals surface area contributed by atoms with E-state index in [0.717, 1.165) is 50.0 Å². The van der Waals surface area contributed by atoms with Crippen LogP contribution >= 0.6 is 0 Å². The number of hydrogen-bond donors (Lipinski definition) is 2. The second kappa shape index (κ2) is 11.2. The minimum atomic E-state index is -0.0586. The number of ether oxygens (including phenoxy) is 2. The summed E-state index contributed by atoms with van der Waals surface area (Å²) in [5.41, 5.74) is 1.70. The van der Waals surface area contributed by atoms with Gasteiger partial charge in [0.05, 0.1) is 12.7 Å². The Kier molecular flexibility index (Phi) is 8.31. The van der Waals surface area contributed by atoms with Gasteiger partial charge < -0.3 is 25.0 Å². The van der Waals surface area contributed by atoms with Crippen molar-refractivity contribution in [2.24, 2.45) is 10.9 Å². The van der Waals surface area contributed by atoms with E-state index in [-0.39, 0.29) is 12.0 Å². The predicted octanol–water partition coefficient (Wildman–Crippen LogP) is 2.03. The predicted molar refractivity (Wildman–Crippen MR) is 114 cm³/mol. The summed E-state index contributed by atoms with van der Waals surface area (Å²) < 4.78 is 11.3. The van der Waals surface area contributed by atoms with Gasteiger partial charge in [0.2, 0.25) is 0 Å². The van der Waals surface area contributed by atoms with Crippen molar-refractivity contribution in [2.75, 3.05) is 47.0 Å². The van der Waals surface area contributed by atoms with Crippen molar-refractivity contribution in [2.45, 2.75) is 38.3 Å². The van der Waals surface area contributed by atoms with Crippen molar-refractivity contribution in [1.29, 1.82) is 0 Å². The molecule has 3 rings (SSSR count). The monoisotopic (exact) mass is 402 g/mol. The maximum atomic E-state index is 12.4. The Hall–Kier alpha value is -2.12. The number of rotatable bonds is 10. The van der Waals surface area contributed by atoms with Crippen LogP contribution in [0.3, 0.4) is 0 Å². The molecule has 2 N–H and O–H groups in total. The lowest BCUT2D eigenvalue weighted by atomic mass is 10.1. The molecule has 1 amide bonds. The van der Waals surface area contributed by atoms with Gasteiger partial charge in [-0.1, -0.05) is 12.1 Å². The summed E-state index contributed by atoms with van der Waals surface area (Å²) in [4.78, 5) is 18.8. The number of hydrogen-bond acceptors (Lipinski definition) is 4. The molecular weight excluding hydrogens is 368 g/mol. The second-order valence-corrected chi connectivity index (χ2v) is 7.89. The fraction of sp³-hybridized carbons (Fsp3) is 0.636. The Morgan fingerprint density at radius 3 is 2.90 bits per heavy atom. The molecule has 0 spiro atoms. The van der Waals surface area contributed by atoms with Gasteiger partial charge in [-0.25, -0.2) is 0 Å². The number of aliphatic imine (C=N–C) groups is 1. The molecule has 1 atom stereocenters. The van der Waals surface area contributed by atoms with E-state index in [2.05, 4.69) is 20.5 Å². The minimum Gasteiger partial charge on any atom is -0.379 e. The van der Waals surface area contributed by atoms with Crippen LogP contribution in [0.1, 0.15) is 41.6 Å². The van der Waals surface area contributed by atoms with Gasteiger partial charge in [-0.05, 0) is 49.3 Å². The fourth-order valence-corrected chi connectivity index (χ4v) is 3.34. The highest BCUT2D eigenvalue weighted by Crippen LogP contribution is 2.28. The molecule has 7 heteroatoms. The van der Waals surface area contributed by atoms with Crippen LogP contribution in [0.25, 0.3) is 0 Å². The van der Waals surface area contributed by atoms with Gasteiger partial charge in [0.1, 0.15) is 0 Å². The first-order valence-electron chi connectivity index (χ1n) is 10.6. The number of benzene rings is 1. The third-order valence-corrected chi connectivity index (χ3v) is 5.35. The van der Waals surface area contributed by atoms with Crippen molar-refractivity contribution >= 4 is 11.9 Å². The third-order valence-electron chi connectivity index (χ3n) is 5.35. The van der Waals surface area contributed by atoms with Gasteiger partial charge in [-0.3, -0.25) is 9.79 Å². The lowest BCUT2D eigenvalue weighted by Gasteiger charge is -2.22. The molecule has 2 aliphatic rings. The normalized spacial score (nSPS) is 19.2. The molecule has 29 heavy (non-hydrogen) atoms. The van der Waals surface area contributed by atoms with Gasteiger partial charge in [-0.15, -0.1) is 0 Å². The van der Waals surface area contributed by atoms with Crippen LogP contribution in [0.4, 0.5) is 0 Å². The fourth-order valence-electron chi connectivity index (χ4n) is 3.34. The zero-order valence-corrected chi connectivity index (χ0v) is 17.7. The van der Waals surface area contributed by atoms with E-state index in [4.69, 9.17) is 9.47 Å². The molecule has 0 radical (unpaired) electrons. The number of likely N-dealkylation sites (N-methyl/N-ethyl adjacent to an activating group) is 1. The quantitative estimate of drug-likeness (QED) is 0.356. The summed E-state index contributed by atoms with van der Waals surface area (Å²) >= 11 is 0. The first-order chi connectivity index (χ1) is 14.2. The molecule has 1 aliphatic carbocycles. The van der Waals surface area contributed by atoms with E-state index in [1.54, 1.807) is 7.05 Å². The van der Waals surface area contributed by atoms with Crippen LogP contribution in [0.2, 0.25) is 0 Å². The Morgan fingerprint density at radius 1 is 1.31 bits per heavy atom. The van der Waals surface area contributed by atoms with Crippen molar-refractivity contribution in [1.82, 2.24) is 15.5 Å². The van der Waals surface area contributed by atoms with E-state index >= 15 is 0 Å². The summed E-state index contributed by atoms with van der Waals surface area (Å²) in [6.45, 7) is 4.34. The second-order valence-electron chi connectivity index (χ2n) is 7.89. The molecular formula is C22H34N4O3. The molecule has 7 nitrogen and oxygen atoms in total. The van der Waals surface area contributed by atoms with Crippen molar-refractivity contribution in [3.05, 3.63) is 35.4 Å². The molecule has 1 unspecified atom stereocenters. The molecule has 0 aromatic heterocycles. The Balaban J connectivity index is 1.42. The molecule has 1 aliphatic heterocycles. The number of carbonyl (C=O) groups is 1. The van der Waals surface area contributed by atoms with Gasteiger partial charge >= 0.3 is 0 Å². The third kappa shape index (κ3) is 7.33. The first kappa shape index (κ1) is 21.6. The molecule has 1 saturated carbocycles. The largest absolute Gasteiger partial charge is 0.379 e. The summed E-state index contributed by atoms with van der Waals surface area (Å²) in [5, 5.41) is 6.33. The number of guanidine groups is 1. The topological polar surface area (TPSA) is 75.2 Å².